The molecule has 0 bridgehead atoms. The molecule has 3 N–H and O–H groups in total. The number of amides is 2. The Morgan fingerprint density at radius 2 is 1.87 bits per heavy atom. The van der Waals surface area contributed by atoms with E-state index < -0.39 is 28.2 Å². The van der Waals surface area contributed by atoms with Crippen LogP contribution in [-0.4, -0.2) is 59.3 Å². The van der Waals surface area contributed by atoms with E-state index in [0.717, 1.165) is 0 Å². The number of carbonyl (C=O) groups is 3. The monoisotopic (exact) mass is 412 g/mol. The van der Waals surface area contributed by atoms with Crippen molar-refractivity contribution in [3.8, 4) is 0 Å². The molecule has 2 atom stereocenters. The second kappa shape index (κ2) is 10.9. The lowest BCUT2D eigenvalue weighted by molar-refractivity contribution is -0.152. The zero-order valence-electron chi connectivity index (χ0n) is 13.6. The predicted octanol–water partition coefficient (Wildman–Crippen LogP) is 0.252. The van der Waals surface area contributed by atoms with Gasteiger partial charge >= 0.3 is 5.97 Å². The molecule has 0 saturated heterocycles. The van der Waals surface area contributed by atoms with E-state index in [1.54, 1.807) is 20.8 Å². The fourth-order valence-corrected chi connectivity index (χ4v) is 1.73. The Hall–Kier alpha value is -0.800. The molecule has 0 fully saturated rings. The quantitative estimate of drug-likeness (QED) is 0.234. The Kier molecular flexibility index (Phi) is 10.5. The van der Waals surface area contributed by atoms with Crippen LogP contribution >= 0.6 is 28.6 Å². The topological polar surface area (TPSA) is 105 Å². The molecule has 7 nitrogen and oxygen atoms in total. The van der Waals surface area contributed by atoms with Crippen molar-refractivity contribution in [2.45, 2.75) is 38.1 Å². The van der Waals surface area contributed by atoms with E-state index in [0.29, 0.717) is 12.3 Å². The first-order valence-electron chi connectivity index (χ1n) is 7.26. The summed E-state index contributed by atoms with van der Waals surface area (Å²) in [6.07, 6.45) is -1.25. The number of hydrogen-bond donors (Lipinski definition) is 4. The minimum absolute atomic E-state index is 0.0984. The summed E-state index contributed by atoms with van der Waals surface area (Å²) in [4.78, 5) is 34.2. The number of alkyl halides is 1. The van der Waals surface area contributed by atoms with Gasteiger partial charge in [0.1, 0.15) is 10.9 Å². The van der Waals surface area contributed by atoms with Crippen LogP contribution in [0.3, 0.4) is 0 Å². The summed E-state index contributed by atoms with van der Waals surface area (Å²) < 4.78 is 5.03. The summed E-state index contributed by atoms with van der Waals surface area (Å²) in [5.41, 5.74) is -0.948. The fourth-order valence-electron chi connectivity index (χ4n) is 1.49. The second-order valence-corrected chi connectivity index (χ2v) is 7.55. The van der Waals surface area contributed by atoms with Gasteiger partial charge in [0.25, 0.3) is 0 Å². The number of halogens is 1. The molecule has 23 heavy (non-hydrogen) atoms. The van der Waals surface area contributed by atoms with E-state index in [1.807, 2.05) is 0 Å². The maximum absolute atomic E-state index is 11.9. The largest absolute Gasteiger partial charge is 0.464 e. The molecule has 2 unspecified atom stereocenters. The highest BCUT2D eigenvalue weighted by atomic mass is 79.9. The van der Waals surface area contributed by atoms with Crippen LogP contribution in [0.5, 0.6) is 0 Å². The van der Waals surface area contributed by atoms with E-state index in [4.69, 9.17) is 4.74 Å². The minimum Gasteiger partial charge on any atom is -0.464 e. The average molecular weight is 413 g/mol. The molecule has 0 spiro atoms. The van der Waals surface area contributed by atoms with Crippen molar-refractivity contribution in [3.05, 3.63) is 0 Å². The zero-order valence-corrected chi connectivity index (χ0v) is 16.1. The van der Waals surface area contributed by atoms with E-state index in [-0.39, 0.29) is 25.5 Å². The zero-order chi connectivity index (χ0) is 18.0. The third kappa shape index (κ3) is 9.17. The Morgan fingerprint density at radius 3 is 2.39 bits per heavy atom. The molecule has 0 aromatic rings. The third-order valence-corrected chi connectivity index (χ3v) is 3.58. The summed E-state index contributed by atoms with van der Waals surface area (Å²) >= 11 is 7.05. The molecule has 9 heteroatoms. The number of hydrogen-bond acceptors (Lipinski definition) is 6. The first-order valence-corrected chi connectivity index (χ1v) is 8.80. The van der Waals surface area contributed by atoms with Gasteiger partial charge in [-0.25, -0.2) is 0 Å². The molecular weight excluding hydrogens is 388 g/mol. The lowest BCUT2D eigenvalue weighted by atomic mass is 9.87. The third-order valence-electron chi connectivity index (χ3n) is 2.99. The Bertz CT molecular complexity index is 418. The molecule has 2 amide bonds. The molecule has 0 aliphatic rings. The summed E-state index contributed by atoms with van der Waals surface area (Å²) in [6, 6.07) is 0. The highest BCUT2D eigenvalue weighted by Gasteiger charge is 2.35. The van der Waals surface area contributed by atoms with Crippen LogP contribution < -0.4 is 10.6 Å². The molecule has 0 aliphatic heterocycles. The van der Waals surface area contributed by atoms with Crippen molar-refractivity contribution in [1.29, 1.82) is 0 Å². The van der Waals surface area contributed by atoms with Gasteiger partial charge in [-0.15, -0.1) is 0 Å². The van der Waals surface area contributed by atoms with Crippen LogP contribution in [0.4, 0.5) is 0 Å². The normalized spacial score (nSPS) is 13.8. The number of nitrogens with one attached hydrogen (secondary N) is 2. The minimum atomic E-state index is -1.36. The summed E-state index contributed by atoms with van der Waals surface area (Å²) in [6.45, 7) is 5.33. The van der Waals surface area contributed by atoms with Crippen LogP contribution in [0, 0.1) is 5.41 Å². The molecule has 0 aromatic carbocycles. The Labute approximate surface area is 150 Å². The van der Waals surface area contributed by atoms with Crippen molar-refractivity contribution < 1.29 is 24.2 Å². The van der Waals surface area contributed by atoms with Crippen LogP contribution in [0.2, 0.25) is 0 Å². The maximum Gasteiger partial charge on any atom is 0.319 e. The van der Waals surface area contributed by atoms with Gasteiger partial charge in [-0.05, 0) is 6.92 Å². The molecule has 134 valence electrons. The van der Waals surface area contributed by atoms with Gasteiger partial charge in [0, 0.05) is 30.7 Å². The van der Waals surface area contributed by atoms with Gasteiger partial charge in [-0.3, -0.25) is 14.4 Å². The van der Waals surface area contributed by atoms with Gasteiger partial charge in [0.15, 0.2) is 0 Å². The number of carbonyl (C=O) groups excluding carboxylic acids is 3. The van der Waals surface area contributed by atoms with Crippen LogP contribution in [0.15, 0.2) is 0 Å². The standard InChI is InChI=1S/C14H25BrN2O5S/c1-9(15)13(21)22-8-14(2,3)11(19)12(20)17-5-4-10(18)16-6-7-23/h9,11,19,23H,4-8H2,1-3H3,(H,16,18)(H,17,20). The van der Waals surface area contributed by atoms with E-state index >= 15 is 0 Å². The number of aliphatic hydroxyl groups excluding tert-OH is 1. The Balaban J connectivity index is 4.24. The summed E-state index contributed by atoms with van der Waals surface area (Å²) in [5.74, 6) is -0.740. The van der Waals surface area contributed by atoms with Crippen LogP contribution in [0.25, 0.3) is 0 Å². The second-order valence-electron chi connectivity index (χ2n) is 5.73. The molecule has 0 aromatic heterocycles. The summed E-state index contributed by atoms with van der Waals surface area (Å²) in [7, 11) is 0. The van der Waals surface area contributed by atoms with Crippen LogP contribution in [0.1, 0.15) is 27.2 Å². The van der Waals surface area contributed by atoms with Crippen molar-refractivity contribution >= 4 is 46.3 Å². The fraction of sp³-hybridized carbons (Fsp3) is 0.786. The first kappa shape index (κ1) is 22.2. The number of thiol groups is 1. The van der Waals surface area contributed by atoms with Gasteiger partial charge in [-0.2, -0.15) is 12.6 Å². The van der Waals surface area contributed by atoms with Gasteiger partial charge in [0.2, 0.25) is 11.8 Å². The van der Waals surface area contributed by atoms with E-state index in [9.17, 15) is 19.5 Å². The first-order chi connectivity index (χ1) is 10.6. The number of rotatable bonds is 10. The van der Waals surface area contributed by atoms with Crippen molar-refractivity contribution in [2.24, 2.45) is 5.41 Å². The molecule has 0 saturated carbocycles. The maximum atomic E-state index is 11.9. The van der Waals surface area contributed by atoms with E-state index in [2.05, 4.69) is 39.2 Å². The SMILES string of the molecule is CC(Br)C(=O)OCC(C)(C)C(O)C(=O)NCCC(=O)NCCS. The van der Waals surface area contributed by atoms with Gasteiger partial charge < -0.3 is 20.5 Å². The smallest absolute Gasteiger partial charge is 0.319 e. The van der Waals surface area contributed by atoms with Crippen molar-refractivity contribution in [2.75, 3.05) is 25.4 Å². The molecular formula is C14H25BrN2O5S. The van der Waals surface area contributed by atoms with Crippen LogP contribution in [-0.2, 0) is 19.1 Å². The molecule has 0 aliphatic carbocycles. The van der Waals surface area contributed by atoms with Crippen molar-refractivity contribution in [1.82, 2.24) is 10.6 Å². The highest BCUT2D eigenvalue weighted by Crippen LogP contribution is 2.22. The van der Waals surface area contributed by atoms with Crippen molar-refractivity contribution in [3.63, 3.8) is 0 Å². The van der Waals surface area contributed by atoms with Gasteiger partial charge in [0.05, 0.1) is 6.61 Å². The lowest BCUT2D eigenvalue weighted by Crippen LogP contribution is -2.47. The number of aliphatic hydroxyl groups is 1. The number of ether oxygens (including phenoxy) is 1. The predicted molar refractivity (Wildman–Crippen MR) is 93.6 cm³/mol. The highest BCUT2D eigenvalue weighted by molar-refractivity contribution is 9.10. The number of esters is 1. The van der Waals surface area contributed by atoms with Gasteiger partial charge in [-0.1, -0.05) is 29.8 Å². The molecule has 0 radical (unpaired) electrons. The molecule has 0 rings (SSSR count). The lowest BCUT2D eigenvalue weighted by Gasteiger charge is -2.29. The Morgan fingerprint density at radius 1 is 1.26 bits per heavy atom. The average Bonchev–Trinajstić information content (AvgIpc) is 2.49. The van der Waals surface area contributed by atoms with E-state index in [1.165, 1.54) is 0 Å². The summed E-state index contributed by atoms with van der Waals surface area (Å²) in [5, 5.41) is 15.2. The molecule has 0 heterocycles.